The fourth-order valence-corrected chi connectivity index (χ4v) is 0.834. The van der Waals surface area contributed by atoms with Gasteiger partial charge in [-0.1, -0.05) is 0 Å². The highest BCUT2D eigenvalue weighted by Gasteiger charge is 2.15. The minimum Gasteiger partial charge on any atom is -0.478 e. The van der Waals surface area contributed by atoms with Crippen molar-refractivity contribution in [3.63, 3.8) is 0 Å². The third-order valence-electron chi connectivity index (χ3n) is 1.42. The molecule has 0 amide bonds. The van der Waals surface area contributed by atoms with E-state index in [9.17, 15) is 18.4 Å². The van der Waals surface area contributed by atoms with Crippen molar-refractivity contribution in [3.8, 4) is 0 Å². The SMILES string of the molecule is O=Cc1cc(F)c(F)c(C(=O)O)c1. The molecular formula is C8H4F2O3. The van der Waals surface area contributed by atoms with E-state index >= 15 is 0 Å². The summed E-state index contributed by atoms with van der Waals surface area (Å²) in [5.41, 5.74) is -1.06. The number of carboxylic acid groups (broad SMARTS) is 1. The van der Waals surface area contributed by atoms with E-state index in [1.165, 1.54) is 0 Å². The van der Waals surface area contributed by atoms with Crippen LogP contribution in [0.1, 0.15) is 20.7 Å². The minimum atomic E-state index is -1.61. The summed E-state index contributed by atoms with van der Waals surface area (Å²) in [5.74, 6) is -4.42. The number of hydrogen-bond acceptors (Lipinski definition) is 2. The number of carbonyl (C=O) groups is 2. The molecule has 0 heterocycles. The number of aromatic carboxylic acids is 1. The van der Waals surface area contributed by atoms with Crippen molar-refractivity contribution in [2.24, 2.45) is 0 Å². The Balaban J connectivity index is 3.41. The van der Waals surface area contributed by atoms with Gasteiger partial charge in [-0.15, -0.1) is 0 Å². The first-order chi connectivity index (χ1) is 6.06. The molecule has 13 heavy (non-hydrogen) atoms. The van der Waals surface area contributed by atoms with Crippen molar-refractivity contribution in [1.29, 1.82) is 0 Å². The highest BCUT2D eigenvalue weighted by Crippen LogP contribution is 2.13. The smallest absolute Gasteiger partial charge is 0.338 e. The zero-order chi connectivity index (χ0) is 10.0. The average molecular weight is 186 g/mol. The molecule has 5 heteroatoms. The van der Waals surface area contributed by atoms with Gasteiger partial charge in [0.1, 0.15) is 6.29 Å². The molecule has 0 aliphatic carbocycles. The summed E-state index contributed by atoms with van der Waals surface area (Å²) >= 11 is 0. The summed E-state index contributed by atoms with van der Waals surface area (Å²) in [6, 6.07) is 1.41. The molecule has 0 saturated carbocycles. The number of carboxylic acids is 1. The van der Waals surface area contributed by atoms with E-state index in [2.05, 4.69) is 0 Å². The number of aldehydes is 1. The third-order valence-corrected chi connectivity index (χ3v) is 1.42. The summed E-state index contributed by atoms with van der Waals surface area (Å²) in [5, 5.41) is 8.39. The van der Waals surface area contributed by atoms with Gasteiger partial charge >= 0.3 is 5.97 Å². The Labute approximate surface area is 71.6 Å². The van der Waals surface area contributed by atoms with Gasteiger partial charge in [0.05, 0.1) is 5.56 Å². The van der Waals surface area contributed by atoms with Crippen LogP contribution in [0.4, 0.5) is 8.78 Å². The fourth-order valence-electron chi connectivity index (χ4n) is 0.834. The molecule has 0 aromatic heterocycles. The number of halogens is 2. The molecule has 1 aromatic rings. The molecule has 3 nitrogen and oxygen atoms in total. The van der Waals surface area contributed by atoms with Gasteiger partial charge < -0.3 is 5.11 Å². The molecule has 1 aromatic carbocycles. The van der Waals surface area contributed by atoms with Gasteiger partial charge in [-0.2, -0.15) is 0 Å². The predicted octanol–water partition coefficient (Wildman–Crippen LogP) is 1.48. The maximum Gasteiger partial charge on any atom is 0.338 e. The Morgan fingerprint density at radius 2 is 2.00 bits per heavy atom. The monoisotopic (exact) mass is 186 g/mol. The molecule has 0 atom stereocenters. The lowest BCUT2D eigenvalue weighted by molar-refractivity contribution is 0.0690. The summed E-state index contributed by atoms with van der Waals surface area (Å²) in [6.07, 6.45) is 0.245. The van der Waals surface area contributed by atoms with Crippen molar-refractivity contribution in [1.82, 2.24) is 0 Å². The van der Waals surface area contributed by atoms with Crippen LogP contribution < -0.4 is 0 Å². The topological polar surface area (TPSA) is 54.4 Å². The number of hydrogen-bond donors (Lipinski definition) is 1. The highest BCUT2D eigenvalue weighted by atomic mass is 19.2. The van der Waals surface area contributed by atoms with Gasteiger partial charge in [-0.25, -0.2) is 13.6 Å². The third kappa shape index (κ3) is 1.69. The summed E-state index contributed by atoms with van der Waals surface area (Å²) < 4.78 is 25.3. The van der Waals surface area contributed by atoms with Gasteiger partial charge in [0.15, 0.2) is 11.6 Å². The predicted molar refractivity (Wildman–Crippen MR) is 38.7 cm³/mol. The lowest BCUT2D eigenvalue weighted by atomic mass is 10.1. The van der Waals surface area contributed by atoms with Crippen LogP contribution in [0.5, 0.6) is 0 Å². The lowest BCUT2D eigenvalue weighted by Crippen LogP contribution is -2.04. The van der Waals surface area contributed by atoms with E-state index in [4.69, 9.17) is 5.11 Å². The van der Waals surface area contributed by atoms with Crippen molar-refractivity contribution in [2.75, 3.05) is 0 Å². The van der Waals surface area contributed by atoms with E-state index < -0.39 is 23.2 Å². The molecule has 0 bridgehead atoms. The first-order valence-corrected chi connectivity index (χ1v) is 3.23. The van der Waals surface area contributed by atoms with E-state index in [1.54, 1.807) is 0 Å². The second kappa shape index (κ2) is 3.30. The molecule has 0 unspecified atom stereocenters. The summed E-state index contributed by atoms with van der Waals surface area (Å²) in [4.78, 5) is 20.5. The van der Waals surface area contributed by atoms with E-state index in [0.717, 1.165) is 6.07 Å². The maximum absolute atomic E-state index is 12.7. The van der Waals surface area contributed by atoms with Crippen LogP contribution >= 0.6 is 0 Å². The second-order valence-corrected chi connectivity index (χ2v) is 2.29. The Kier molecular flexibility index (Phi) is 2.36. The summed E-state index contributed by atoms with van der Waals surface area (Å²) in [7, 11) is 0. The van der Waals surface area contributed by atoms with Gasteiger partial charge in [0, 0.05) is 5.56 Å². The van der Waals surface area contributed by atoms with Crippen molar-refractivity contribution in [2.45, 2.75) is 0 Å². The van der Waals surface area contributed by atoms with Gasteiger partial charge in [-0.05, 0) is 12.1 Å². The van der Waals surface area contributed by atoms with Crippen LogP contribution in [0.25, 0.3) is 0 Å². The van der Waals surface area contributed by atoms with Crippen LogP contribution in [0.15, 0.2) is 12.1 Å². The second-order valence-electron chi connectivity index (χ2n) is 2.29. The molecule has 0 aliphatic rings. The minimum absolute atomic E-state index is 0.212. The fraction of sp³-hybridized carbons (Fsp3) is 0. The zero-order valence-corrected chi connectivity index (χ0v) is 6.25. The van der Waals surface area contributed by atoms with E-state index in [0.29, 0.717) is 6.07 Å². The molecular weight excluding hydrogens is 182 g/mol. The largest absolute Gasteiger partial charge is 0.478 e. The molecule has 0 aliphatic heterocycles. The Hall–Kier alpha value is -1.78. The highest BCUT2D eigenvalue weighted by molar-refractivity contribution is 5.90. The van der Waals surface area contributed by atoms with Crippen LogP contribution in [-0.2, 0) is 0 Å². The number of rotatable bonds is 2. The number of carbonyl (C=O) groups excluding carboxylic acids is 1. The Bertz CT molecular complexity index is 374. The number of benzene rings is 1. The van der Waals surface area contributed by atoms with Gasteiger partial charge in [-0.3, -0.25) is 4.79 Å². The normalized spacial score (nSPS) is 9.69. The quantitative estimate of drug-likeness (QED) is 0.711. The first kappa shape index (κ1) is 9.31. The van der Waals surface area contributed by atoms with Crippen LogP contribution in [0, 0.1) is 11.6 Å². The van der Waals surface area contributed by atoms with Crippen molar-refractivity contribution < 1.29 is 23.5 Å². The van der Waals surface area contributed by atoms with Crippen molar-refractivity contribution >= 4 is 12.3 Å². The Morgan fingerprint density at radius 1 is 1.38 bits per heavy atom. The summed E-state index contributed by atoms with van der Waals surface area (Å²) in [6.45, 7) is 0. The first-order valence-electron chi connectivity index (χ1n) is 3.23. The van der Waals surface area contributed by atoms with Gasteiger partial charge in [0.25, 0.3) is 0 Å². The average Bonchev–Trinajstić information content (AvgIpc) is 2.09. The van der Waals surface area contributed by atoms with Crippen LogP contribution in [-0.4, -0.2) is 17.4 Å². The molecule has 68 valence electrons. The molecule has 1 rings (SSSR count). The molecule has 0 fully saturated rings. The zero-order valence-electron chi connectivity index (χ0n) is 6.25. The standard InChI is InChI=1S/C8H4F2O3/c9-6-2-4(3-11)1-5(7(6)10)8(12)13/h1-3H,(H,12,13). The van der Waals surface area contributed by atoms with Crippen LogP contribution in [0.3, 0.4) is 0 Å². The van der Waals surface area contributed by atoms with E-state index in [-0.39, 0.29) is 11.8 Å². The Morgan fingerprint density at radius 3 is 2.46 bits per heavy atom. The van der Waals surface area contributed by atoms with Crippen molar-refractivity contribution in [3.05, 3.63) is 34.9 Å². The lowest BCUT2D eigenvalue weighted by Gasteiger charge is -1.99. The van der Waals surface area contributed by atoms with Crippen LogP contribution in [0.2, 0.25) is 0 Å². The molecule has 0 spiro atoms. The van der Waals surface area contributed by atoms with E-state index in [1.807, 2.05) is 0 Å². The maximum atomic E-state index is 12.7. The molecule has 1 N–H and O–H groups in total. The molecule has 0 saturated heterocycles. The molecule has 0 radical (unpaired) electrons. The van der Waals surface area contributed by atoms with Gasteiger partial charge in [0.2, 0.25) is 0 Å².